The summed E-state index contributed by atoms with van der Waals surface area (Å²) in [7, 11) is 0. The number of piperidine rings is 1. The largest absolute Gasteiger partial charge is 0.354 e. The first-order chi connectivity index (χ1) is 11.7. The van der Waals surface area contributed by atoms with Crippen LogP contribution in [0.4, 0.5) is 0 Å². The summed E-state index contributed by atoms with van der Waals surface area (Å²) in [5.74, 6) is -0.181. The minimum absolute atomic E-state index is 0.0148. The van der Waals surface area contributed by atoms with Crippen molar-refractivity contribution in [2.75, 3.05) is 6.54 Å². The van der Waals surface area contributed by atoms with E-state index in [0.717, 1.165) is 17.5 Å². The first-order valence-electron chi connectivity index (χ1n) is 8.41. The van der Waals surface area contributed by atoms with Gasteiger partial charge in [0.25, 0.3) is 0 Å². The second-order valence-corrected chi connectivity index (χ2v) is 6.13. The maximum Gasteiger partial charge on any atom is 0.242 e. The molecule has 0 bridgehead atoms. The molecule has 2 N–H and O–H groups in total. The SMILES string of the molecule is O=C(CC(c1ccccc1)c1ccccc1)N[C@H]1CCCNC1=O. The van der Waals surface area contributed by atoms with E-state index in [-0.39, 0.29) is 17.7 Å². The van der Waals surface area contributed by atoms with Crippen molar-refractivity contribution in [2.24, 2.45) is 0 Å². The van der Waals surface area contributed by atoms with E-state index in [1.807, 2.05) is 60.7 Å². The van der Waals surface area contributed by atoms with Crippen LogP contribution in [0.1, 0.15) is 36.3 Å². The third-order valence-corrected chi connectivity index (χ3v) is 4.41. The lowest BCUT2D eigenvalue weighted by Crippen LogP contribution is -2.50. The Morgan fingerprint density at radius 1 is 1.04 bits per heavy atom. The first-order valence-corrected chi connectivity index (χ1v) is 8.41. The van der Waals surface area contributed by atoms with Crippen LogP contribution in [0.5, 0.6) is 0 Å². The highest BCUT2D eigenvalue weighted by molar-refractivity contribution is 5.88. The highest BCUT2D eigenvalue weighted by Gasteiger charge is 2.25. The molecule has 124 valence electrons. The molecule has 0 aromatic heterocycles. The van der Waals surface area contributed by atoms with Gasteiger partial charge in [-0.05, 0) is 24.0 Å². The van der Waals surface area contributed by atoms with Crippen LogP contribution in [0, 0.1) is 0 Å². The van der Waals surface area contributed by atoms with Gasteiger partial charge in [0.2, 0.25) is 11.8 Å². The lowest BCUT2D eigenvalue weighted by atomic mass is 9.88. The predicted molar refractivity (Wildman–Crippen MR) is 93.5 cm³/mol. The molecule has 1 atom stereocenters. The summed E-state index contributed by atoms with van der Waals surface area (Å²) in [6, 6.07) is 19.6. The van der Waals surface area contributed by atoms with Crippen molar-refractivity contribution in [3.63, 3.8) is 0 Å². The van der Waals surface area contributed by atoms with Gasteiger partial charge in [0, 0.05) is 18.9 Å². The minimum Gasteiger partial charge on any atom is -0.354 e. The number of nitrogens with one attached hydrogen (secondary N) is 2. The number of rotatable bonds is 5. The Labute approximate surface area is 142 Å². The van der Waals surface area contributed by atoms with Gasteiger partial charge in [-0.15, -0.1) is 0 Å². The Hall–Kier alpha value is -2.62. The van der Waals surface area contributed by atoms with Crippen LogP contribution < -0.4 is 10.6 Å². The third-order valence-electron chi connectivity index (χ3n) is 4.41. The molecule has 2 aromatic carbocycles. The molecular formula is C20H22N2O2. The van der Waals surface area contributed by atoms with Crippen molar-refractivity contribution in [1.82, 2.24) is 10.6 Å². The smallest absolute Gasteiger partial charge is 0.242 e. The number of benzene rings is 2. The fourth-order valence-electron chi connectivity index (χ4n) is 3.15. The maximum atomic E-state index is 12.5. The zero-order valence-electron chi connectivity index (χ0n) is 13.6. The van der Waals surface area contributed by atoms with E-state index in [1.54, 1.807) is 0 Å². The van der Waals surface area contributed by atoms with Gasteiger partial charge in [0.15, 0.2) is 0 Å². The zero-order valence-corrected chi connectivity index (χ0v) is 13.6. The summed E-state index contributed by atoms with van der Waals surface area (Å²) in [4.78, 5) is 24.4. The normalized spacial score (nSPS) is 17.4. The van der Waals surface area contributed by atoms with Crippen LogP contribution in [0.25, 0.3) is 0 Å². The molecule has 0 aliphatic carbocycles. The van der Waals surface area contributed by atoms with E-state index in [0.29, 0.717) is 19.4 Å². The second-order valence-electron chi connectivity index (χ2n) is 6.13. The van der Waals surface area contributed by atoms with Gasteiger partial charge in [-0.3, -0.25) is 9.59 Å². The molecule has 4 heteroatoms. The van der Waals surface area contributed by atoms with Crippen molar-refractivity contribution < 1.29 is 9.59 Å². The first kappa shape index (κ1) is 16.2. The van der Waals surface area contributed by atoms with E-state index >= 15 is 0 Å². The lowest BCUT2D eigenvalue weighted by Gasteiger charge is -2.24. The fraction of sp³-hybridized carbons (Fsp3) is 0.300. The Morgan fingerprint density at radius 3 is 2.17 bits per heavy atom. The van der Waals surface area contributed by atoms with Gasteiger partial charge in [-0.2, -0.15) is 0 Å². The highest BCUT2D eigenvalue weighted by atomic mass is 16.2. The molecule has 0 radical (unpaired) electrons. The lowest BCUT2D eigenvalue weighted by molar-refractivity contribution is -0.130. The van der Waals surface area contributed by atoms with Crippen LogP contribution in [-0.4, -0.2) is 24.4 Å². The summed E-state index contributed by atoms with van der Waals surface area (Å²) in [6.07, 6.45) is 1.94. The van der Waals surface area contributed by atoms with E-state index < -0.39 is 6.04 Å². The Balaban J connectivity index is 1.74. The van der Waals surface area contributed by atoms with Crippen LogP contribution in [0.2, 0.25) is 0 Å². The van der Waals surface area contributed by atoms with Gasteiger partial charge in [-0.25, -0.2) is 0 Å². The number of hydrogen-bond donors (Lipinski definition) is 2. The van der Waals surface area contributed by atoms with Crippen molar-refractivity contribution >= 4 is 11.8 Å². The monoisotopic (exact) mass is 322 g/mol. The minimum atomic E-state index is -0.404. The summed E-state index contributed by atoms with van der Waals surface area (Å²) in [6.45, 7) is 0.696. The molecule has 0 spiro atoms. The fourth-order valence-corrected chi connectivity index (χ4v) is 3.15. The molecule has 0 unspecified atom stereocenters. The van der Waals surface area contributed by atoms with E-state index in [2.05, 4.69) is 10.6 Å². The van der Waals surface area contributed by atoms with Gasteiger partial charge in [0.05, 0.1) is 0 Å². The maximum absolute atomic E-state index is 12.5. The molecule has 2 amide bonds. The van der Waals surface area contributed by atoms with Gasteiger partial charge >= 0.3 is 0 Å². The van der Waals surface area contributed by atoms with Crippen LogP contribution >= 0.6 is 0 Å². The average molecular weight is 322 g/mol. The average Bonchev–Trinajstić information content (AvgIpc) is 2.63. The van der Waals surface area contributed by atoms with E-state index in [4.69, 9.17) is 0 Å². The summed E-state index contributed by atoms with van der Waals surface area (Å²) in [5.41, 5.74) is 2.21. The standard InChI is InChI=1S/C20H22N2O2/c23-19(22-18-12-7-13-21-20(18)24)14-17(15-8-3-1-4-9-15)16-10-5-2-6-11-16/h1-6,8-11,17-18H,7,12-14H2,(H,21,24)(H,22,23)/t18-/m0/s1. The molecule has 2 aromatic rings. The molecule has 1 aliphatic heterocycles. The van der Waals surface area contributed by atoms with Crippen LogP contribution in [0.15, 0.2) is 60.7 Å². The molecule has 1 heterocycles. The highest BCUT2D eigenvalue weighted by Crippen LogP contribution is 2.27. The summed E-state index contributed by atoms with van der Waals surface area (Å²) >= 11 is 0. The van der Waals surface area contributed by atoms with Gasteiger partial charge in [-0.1, -0.05) is 60.7 Å². The number of amides is 2. The Bertz CT molecular complexity index is 646. The summed E-state index contributed by atoms with van der Waals surface area (Å²) in [5, 5.41) is 5.69. The topological polar surface area (TPSA) is 58.2 Å². The van der Waals surface area contributed by atoms with Crippen LogP contribution in [-0.2, 0) is 9.59 Å². The second kappa shape index (κ2) is 7.77. The summed E-state index contributed by atoms with van der Waals surface area (Å²) < 4.78 is 0. The Kier molecular flexibility index (Phi) is 5.26. The molecular weight excluding hydrogens is 300 g/mol. The van der Waals surface area contributed by atoms with Crippen molar-refractivity contribution in [1.29, 1.82) is 0 Å². The predicted octanol–water partition coefficient (Wildman–Crippen LogP) is 2.60. The zero-order chi connectivity index (χ0) is 16.8. The Morgan fingerprint density at radius 2 is 1.62 bits per heavy atom. The van der Waals surface area contributed by atoms with Gasteiger partial charge < -0.3 is 10.6 Å². The quantitative estimate of drug-likeness (QED) is 0.889. The van der Waals surface area contributed by atoms with Crippen molar-refractivity contribution in [3.8, 4) is 0 Å². The molecule has 1 saturated heterocycles. The van der Waals surface area contributed by atoms with Crippen molar-refractivity contribution in [3.05, 3.63) is 71.8 Å². The van der Waals surface area contributed by atoms with Gasteiger partial charge in [0.1, 0.15) is 6.04 Å². The molecule has 1 fully saturated rings. The molecule has 4 nitrogen and oxygen atoms in total. The molecule has 24 heavy (non-hydrogen) atoms. The van der Waals surface area contributed by atoms with E-state index in [9.17, 15) is 9.59 Å². The number of carbonyl (C=O) groups excluding carboxylic acids is 2. The van der Waals surface area contributed by atoms with Crippen molar-refractivity contribution in [2.45, 2.75) is 31.2 Å². The number of carbonyl (C=O) groups is 2. The molecule has 3 rings (SSSR count). The molecule has 0 saturated carbocycles. The van der Waals surface area contributed by atoms with E-state index in [1.165, 1.54) is 0 Å². The molecule has 1 aliphatic rings. The number of hydrogen-bond acceptors (Lipinski definition) is 2. The van der Waals surface area contributed by atoms with Crippen LogP contribution in [0.3, 0.4) is 0 Å². The third kappa shape index (κ3) is 4.02.